The molecule has 1 atom stereocenters. The van der Waals surface area contributed by atoms with Gasteiger partial charge in [-0.25, -0.2) is 9.67 Å². The molecule has 0 radical (unpaired) electrons. The Labute approximate surface area is 110 Å². The molecule has 1 unspecified atom stereocenters. The zero-order valence-electron chi connectivity index (χ0n) is 10.7. The molecule has 1 amide bonds. The minimum atomic E-state index is -0.0818. The second-order valence-corrected chi connectivity index (χ2v) is 4.75. The van der Waals surface area contributed by atoms with E-state index in [2.05, 4.69) is 15.2 Å². The Balaban J connectivity index is 1.73. The molecular weight excluding hydrogens is 246 g/mol. The van der Waals surface area contributed by atoms with Gasteiger partial charge in [0.1, 0.15) is 18.4 Å². The van der Waals surface area contributed by atoms with Crippen LogP contribution in [0, 0.1) is 6.92 Å². The van der Waals surface area contributed by atoms with E-state index < -0.39 is 0 Å². The fourth-order valence-corrected chi connectivity index (χ4v) is 2.39. The maximum absolute atomic E-state index is 12.3. The van der Waals surface area contributed by atoms with Crippen LogP contribution in [-0.4, -0.2) is 43.8 Å². The van der Waals surface area contributed by atoms with Crippen molar-refractivity contribution in [1.29, 1.82) is 0 Å². The van der Waals surface area contributed by atoms with Crippen LogP contribution in [0.15, 0.2) is 23.2 Å². The van der Waals surface area contributed by atoms with E-state index in [1.54, 1.807) is 24.2 Å². The predicted molar refractivity (Wildman–Crippen MR) is 65.4 cm³/mol. The second kappa shape index (κ2) is 4.83. The monoisotopic (exact) mass is 261 g/mol. The fraction of sp³-hybridized carbons (Fsp3) is 0.500. The van der Waals surface area contributed by atoms with Gasteiger partial charge in [0.25, 0.3) is 5.91 Å². The van der Waals surface area contributed by atoms with Gasteiger partial charge in [0, 0.05) is 19.2 Å². The summed E-state index contributed by atoms with van der Waals surface area (Å²) >= 11 is 0. The van der Waals surface area contributed by atoms with Crippen LogP contribution in [-0.2, 0) is 0 Å². The molecule has 2 aromatic heterocycles. The Morgan fingerprint density at radius 2 is 2.42 bits per heavy atom. The predicted octanol–water partition coefficient (Wildman–Crippen LogP) is 1.05. The average Bonchev–Trinajstić information content (AvgIpc) is 3.09. The summed E-state index contributed by atoms with van der Waals surface area (Å²) in [4.78, 5) is 18.0. The number of aryl methyl sites for hydroxylation is 1. The molecule has 0 bridgehead atoms. The van der Waals surface area contributed by atoms with Crippen molar-refractivity contribution in [2.24, 2.45) is 0 Å². The molecule has 1 saturated heterocycles. The summed E-state index contributed by atoms with van der Waals surface area (Å²) in [5, 5.41) is 7.92. The lowest BCUT2D eigenvalue weighted by Gasteiger charge is -2.32. The fourth-order valence-electron chi connectivity index (χ4n) is 2.39. The van der Waals surface area contributed by atoms with Gasteiger partial charge in [0.15, 0.2) is 5.69 Å². The number of carbonyl (C=O) groups excluding carboxylic acids is 1. The van der Waals surface area contributed by atoms with Gasteiger partial charge in [-0.2, -0.15) is 5.10 Å². The van der Waals surface area contributed by atoms with Gasteiger partial charge in [0.05, 0.1) is 6.04 Å². The number of likely N-dealkylation sites (tertiary alicyclic amines) is 1. The van der Waals surface area contributed by atoms with Crippen LogP contribution in [0.2, 0.25) is 0 Å². The molecule has 3 heterocycles. The van der Waals surface area contributed by atoms with E-state index in [-0.39, 0.29) is 11.9 Å². The number of rotatable bonds is 2. The highest BCUT2D eigenvalue weighted by atomic mass is 16.5. The molecule has 0 saturated carbocycles. The summed E-state index contributed by atoms with van der Waals surface area (Å²) in [6, 6.07) is 1.86. The Morgan fingerprint density at radius 3 is 3.11 bits per heavy atom. The lowest BCUT2D eigenvalue weighted by molar-refractivity contribution is 0.0662. The lowest BCUT2D eigenvalue weighted by atomic mass is 10.1. The van der Waals surface area contributed by atoms with E-state index in [0.717, 1.165) is 19.4 Å². The van der Waals surface area contributed by atoms with E-state index in [9.17, 15) is 4.79 Å². The number of aromatic nitrogens is 4. The van der Waals surface area contributed by atoms with Gasteiger partial charge in [-0.1, -0.05) is 5.16 Å². The van der Waals surface area contributed by atoms with Crippen LogP contribution in [0.5, 0.6) is 0 Å². The normalized spacial score (nSPS) is 19.6. The van der Waals surface area contributed by atoms with Crippen LogP contribution < -0.4 is 0 Å². The van der Waals surface area contributed by atoms with Crippen LogP contribution in [0.4, 0.5) is 0 Å². The number of hydrogen-bond acceptors (Lipinski definition) is 5. The quantitative estimate of drug-likeness (QED) is 0.807. The Bertz CT molecular complexity index is 562. The summed E-state index contributed by atoms with van der Waals surface area (Å²) in [7, 11) is 0. The van der Waals surface area contributed by atoms with Crippen molar-refractivity contribution in [2.45, 2.75) is 25.8 Å². The Hall–Kier alpha value is -2.18. The minimum absolute atomic E-state index is 0.0818. The molecule has 0 aliphatic carbocycles. The number of piperidine rings is 1. The average molecular weight is 261 g/mol. The van der Waals surface area contributed by atoms with Gasteiger partial charge in [-0.05, 0) is 19.8 Å². The minimum Gasteiger partial charge on any atom is -0.361 e. The zero-order chi connectivity index (χ0) is 13.2. The van der Waals surface area contributed by atoms with Crippen molar-refractivity contribution in [1.82, 2.24) is 24.8 Å². The van der Waals surface area contributed by atoms with E-state index >= 15 is 0 Å². The molecule has 0 N–H and O–H groups in total. The highest BCUT2D eigenvalue weighted by Crippen LogP contribution is 2.21. The molecule has 100 valence electrons. The second-order valence-electron chi connectivity index (χ2n) is 4.75. The highest BCUT2D eigenvalue weighted by Gasteiger charge is 2.27. The van der Waals surface area contributed by atoms with Gasteiger partial charge in [-0.3, -0.25) is 4.79 Å². The highest BCUT2D eigenvalue weighted by molar-refractivity contribution is 5.92. The van der Waals surface area contributed by atoms with Crippen molar-refractivity contribution in [3.05, 3.63) is 30.2 Å². The first-order chi connectivity index (χ1) is 9.24. The standard InChI is InChI=1S/C12H15N5O2/c1-9-5-11(15-19-9)12(18)16-4-2-3-10(6-16)17-8-13-7-14-17/h5,7-8,10H,2-4,6H2,1H3. The molecule has 1 aliphatic heterocycles. The van der Waals surface area contributed by atoms with Crippen molar-refractivity contribution < 1.29 is 9.32 Å². The van der Waals surface area contributed by atoms with Gasteiger partial charge in [-0.15, -0.1) is 0 Å². The molecule has 1 fully saturated rings. The summed E-state index contributed by atoms with van der Waals surface area (Å²) in [5.41, 5.74) is 0.372. The third-order valence-electron chi connectivity index (χ3n) is 3.34. The number of amides is 1. The summed E-state index contributed by atoms with van der Waals surface area (Å²) in [6.07, 6.45) is 5.17. The van der Waals surface area contributed by atoms with E-state index in [1.165, 1.54) is 6.33 Å². The van der Waals surface area contributed by atoms with Crippen molar-refractivity contribution in [3.63, 3.8) is 0 Å². The maximum atomic E-state index is 12.3. The number of nitrogens with zero attached hydrogens (tertiary/aromatic N) is 5. The zero-order valence-corrected chi connectivity index (χ0v) is 10.7. The third-order valence-corrected chi connectivity index (χ3v) is 3.34. The van der Waals surface area contributed by atoms with Gasteiger partial charge < -0.3 is 9.42 Å². The largest absolute Gasteiger partial charge is 0.361 e. The first kappa shape index (κ1) is 11.9. The van der Waals surface area contributed by atoms with Crippen molar-refractivity contribution in [3.8, 4) is 0 Å². The molecule has 0 spiro atoms. The topological polar surface area (TPSA) is 77.1 Å². The number of hydrogen-bond donors (Lipinski definition) is 0. The Kier molecular flexibility index (Phi) is 3.02. The van der Waals surface area contributed by atoms with Gasteiger partial charge in [0.2, 0.25) is 0 Å². The molecule has 1 aliphatic rings. The summed E-state index contributed by atoms with van der Waals surface area (Å²) in [5.74, 6) is 0.565. The van der Waals surface area contributed by atoms with Crippen LogP contribution in [0.3, 0.4) is 0 Å². The SMILES string of the molecule is Cc1cc(C(=O)N2CCCC(n3cncn3)C2)no1. The van der Waals surface area contributed by atoms with Crippen molar-refractivity contribution in [2.75, 3.05) is 13.1 Å². The van der Waals surface area contributed by atoms with Crippen LogP contribution >= 0.6 is 0 Å². The molecule has 19 heavy (non-hydrogen) atoms. The summed E-state index contributed by atoms with van der Waals surface area (Å²) in [6.45, 7) is 3.15. The smallest absolute Gasteiger partial charge is 0.276 e. The Morgan fingerprint density at radius 1 is 1.53 bits per heavy atom. The first-order valence-electron chi connectivity index (χ1n) is 6.31. The van der Waals surface area contributed by atoms with E-state index in [1.807, 2.05) is 4.68 Å². The number of carbonyl (C=O) groups is 1. The molecule has 7 heteroatoms. The first-order valence-corrected chi connectivity index (χ1v) is 6.31. The molecular formula is C12H15N5O2. The van der Waals surface area contributed by atoms with E-state index in [0.29, 0.717) is 18.0 Å². The van der Waals surface area contributed by atoms with E-state index in [4.69, 9.17) is 4.52 Å². The van der Waals surface area contributed by atoms with Crippen LogP contribution in [0.1, 0.15) is 35.1 Å². The van der Waals surface area contributed by atoms with Crippen molar-refractivity contribution >= 4 is 5.91 Å². The maximum Gasteiger partial charge on any atom is 0.276 e. The third kappa shape index (κ3) is 2.35. The lowest BCUT2D eigenvalue weighted by Crippen LogP contribution is -2.41. The molecule has 3 rings (SSSR count). The molecule has 0 aromatic carbocycles. The van der Waals surface area contributed by atoms with Gasteiger partial charge >= 0.3 is 0 Å². The molecule has 7 nitrogen and oxygen atoms in total. The van der Waals surface area contributed by atoms with Crippen LogP contribution in [0.25, 0.3) is 0 Å². The summed E-state index contributed by atoms with van der Waals surface area (Å²) < 4.78 is 6.76. The molecule has 2 aromatic rings.